The monoisotopic (exact) mass is 432 g/mol. The number of rotatable bonds is 7. The first-order valence-electron chi connectivity index (χ1n) is 9.24. The van der Waals surface area contributed by atoms with Crippen LogP contribution in [0.5, 0.6) is 5.75 Å². The molecule has 0 unspecified atom stereocenters. The molecule has 2 amide bonds. The average molecular weight is 432 g/mol. The molecule has 0 aliphatic carbocycles. The lowest BCUT2D eigenvalue weighted by Crippen LogP contribution is -2.18. The van der Waals surface area contributed by atoms with Crippen LogP contribution in [0, 0.1) is 0 Å². The predicted octanol–water partition coefficient (Wildman–Crippen LogP) is 5.13. The van der Waals surface area contributed by atoms with Gasteiger partial charge in [0.2, 0.25) is 5.91 Å². The molecule has 9 heteroatoms. The van der Waals surface area contributed by atoms with E-state index >= 15 is 0 Å². The number of carbonyl (C=O) groups is 2. The van der Waals surface area contributed by atoms with Crippen molar-refractivity contribution in [2.75, 3.05) is 17.7 Å². The highest BCUT2D eigenvalue weighted by molar-refractivity contribution is 6.04. The summed E-state index contributed by atoms with van der Waals surface area (Å²) in [7, 11) is 1.50. The number of alkyl halides is 3. The van der Waals surface area contributed by atoms with Crippen molar-refractivity contribution < 1.29 is 31.9 Å². The second-order valence-electron chi connectivity index (χ2n) is 6.58. The van der Waals surface area contributed by atoms with E-state index in [1.165, 1.54) is 31.8 Å². The van der Waals surface area contributed by atoms with Gasteiger partial charge >= 0.3 is 6.18 Å². The minimum atomic E-state index is -4.73. The third-order valence-electron chi connectivity index (χ3n) is 4.45. The van der Waals surface area contributed by atoms with E-state index in [9.17, 15) is 22.8 Å². The van der Waals surface area contributed by atoms with E-state index in [4.69, 9.17) is 9.15 Å². The van der Waals surface area contributed by atoms with E-state index in [1.54, 1.807) is 24.3 Å². The summed E-state index contributed by atoms with van der Waals surface area (Å²) in [6.07, 6.45) is -2.01. The van der Waals surface area contributed by atoms with Crippen LogP contribution in [0.4, 0.5) is 24.5 Å². The number of halogens is 3. The molecule has 1 aromatic heterocycles. The first-order chi connectivity index (χ1) is 14.8. The highest BCUT2D eigenvalue weighted by atomic mass is 19.4. The largest absolute Gasteiger partial charge is 0.496 e. The normalized spacial score (nSPS) is 11.1. The fourth-order valence-electron chi connectivity index (χ4n) is 2.93. The van der Waals surface area contributed by atoms with Gasteiger partial charge in [-0.3, -0.25) is 9.59 Å². The van der Waals surface area contributed by atoms with Crippen molar-refractivity contribution in [2.24, 2.45) is 0 Å². The Kier molecular flexibility index (Phi) is 6.64. The number of hydrogen-bond acceptors (Lipinski definition) is 4. The molecule has 31 heavy (non-hydrogen) atoms. The van der Waals surface area contributed by atoms with Crippen molar-refractivity contribution >= 4 is 23.2 Å². The fourth-order valence-corrected chi connectivity index (χ4v) is 2.93. The van der Waals surface area contributed by atoms with Gasteiger partial charge in [0.25, 0.3) is 5.91 Å². The van der Waals surface area contributed by atoms with Crippen LogP contribution in [0.15, 0.2) is 65.5 Å². The third kappa shape index (κ3) is 5.65. The molecule has 0 aliphatic heterocycles. The quantitative estimate of drug-likeness (QED) is 0.542. The topological polar surface area (TPSA) is 80.6 Å². The summed E-state index contributed by atoms with van der Waals surface area (Å²) >= 11 is 0. The number of furan rings is 1. The summed E-state index contributed by atoms with van der Waals surface area (Å²) in [4.78, 5) is 24.3. The molecule has 0 saturated carbocycles. The van der Waals surface area contributed by atoms with Crippen LogP contribution in [-0.4, -0.2) is 18.9 Å². The Labute approximate surface area is 176 Å². The zero-order valence-corrected chi connectivity index (χ0v) is 16.5. The number of carbonyl (C=O) groups excluding carboxylic acids is 2. The number of anilines is 2. The fraction of sp³-hybridized carbons (Fsp3) is 0.182. The smallest absolute Gasteiger partial charge is 0.418 e. The Hall–Kier alpha value is -3.75. The van der Waals surface area contributed by atoms with Gasteiger partial charge in [0.15, 0.2) is 0 Å². The molecule has 2 N–H and O–H groups in total. The van der Waals surface area contributed by atoms with Crippen LogP contribution in [-0.2, 0) is 17.4 Å². The molecule has 0 fully saturated rings. The Balaban J connectivity index is 1.72. The molecule has 0 spiro atoms. The zero-order valence-electron chi connectivity index (χ0n) is 16.5. The standard InChI is InChI=1S/C22H19F3N2O4/c1-30-19-5-3-2-4-14(19)6-9-20(28)27-18-8-7-16(12-17(18)22(23,24)25)26-21(29)15-10-11-31-13-15/h2-5,7-8,10-13H,6,9H2,1H3,(H,26,29)(H,27,28). The van der Waals surface area contributed by atoms with Crippen LogP contribution < -0.4 is 15.4 Å². The van der Waals surface area contributed by atoms with E-state index in [0.29, 0.717) is 12.2 Å². The van der Waals surface area contributed by atoms with Gasteiger partial charge in [0.05, 0.1) is 30.2 Å². The van der Waals surface area contributed by atoms with E-state index in [2.05, 4.69) is 10.6 Å². The molecule has 0 bridgehead atoms. The molecule has 3 aromatic rings. The van der Waals surface area contributed by atoms with Gasteiger partial charge in [-0.1, -0.05) is 18.2 Å². The summed E-state index contributed by atoms with van der Waals surface area (Å²) in [5.74, 6) is -0.592. The Bertz CT molecular complexity index is 1060. The van der Waals surface area contributed by atoms with E-state index in [0.717, 1.165) is 17.7 Å². The van der Waals surface area contributed by atoms with Crippen molar-refractivity contribution in [3.05, 3.63) is 77.7 Å². The van der Waals surface area contributed by atoms with Crippen LogP contribution in [0.25, 0.3) is 0 Å². The molecule has 162 valence electrons. The molecule has 3 rings (SSSR count). The summed E-state index contributed by atoms with van der Waals surface area (Å²) in [5, 5.41) is 4.68. The van der Waals surface area contributed by atoms with E-state index in [-0.39, 0.29) is 23.4 Å². The Morgan fingerprint density at radius 2 is 1.84 bits per heavy atom. The van der Waals surface area contributed by atoms with Crippen molar-refractivity contribution in [2.45, 2.75) is 19.0 Å². The van der Waals surface area contributed by atoms with Gasteiger partial charge in [0.1, 0.15) is 12.0 Å². The number of para-hydroxylation sites is 1. The van der Waals surface area contributed by atoms with Gasteiger partial charge in [0, 0.05) is 12.1 Å². The summed E-state index contributed by atoms with van der Waals surface area (Å²) in [6, 6.07) is 11.6. The maximum Gasteiger partial charge on any atom is 0.418 e. The molecular formula is C22H19F3N2O4. The Morgan fingerprint density at radius 1 is 1.06 bits per heavy atom. The van der Waals surface area contributed by atoms with Gasteiger partial charge in [-0.2, -0.15) is 13.2 Å². The molecule has 0 atom stereocenters. The lowest BCUT2D eigenvalue weighted by Gasteiger charge is -2.16. The molecule has 2 aromatic carbocycles. The van der Waals surface area contributed by atoms with Crippen LogP contribution >= 0.6 is 0 Å². The van der Waals surface area contributed by atoms with Crippen LogP contribution in [0.1, 0.15) is 27.9 Å². The first kappa shape index (κ1) is 21.9. The molecule has 6 nitrogen and oxygen atoms in total. The Morgan fingerprint density at radius 3 is 2.52 bits per heavy atom. The van der Waals surface area contributed by atoms with Gasteiger partial charge in [-0.25, -0.2) is 0 Å². The number of ether oxygens (including phenoxy) is 1. The maximum absolute atomic E-state index is 13.5. The van der Waals surface area contributed by atoms with E-state index in [1.807, 2.05) is 0 Å². The lowest BCUT2D eigenvalue weighted by atomic mass is 10.1. The zero-order chi connectivity index (χ0) is 22.4. The number of hydrogen-bond donors (Lipinski definition) is 2. The SMILES string of the molecule is COc1ccccc1CCC(=O)Nc1ccc(NC(=O)c2ccoc2)cc1C(F)(F)F. The first-order valence-corrected chi connectivity index (χ1v) is 9.24. The highest BCUT2D eigenvalue weighted by Crippen LogP contribution is 2.37. The summed E-state index contributed by atoms with van der Waals surface area (Å²) < 4.78 is 50.6. The molecular weight excluding hydrogens is 413 g/mol. The number of amides is 2. The molecule has 1 heterocycles. The molecule has 0 radical (unpaired) electrons. The number of methoxy groups -OCH3 is 1. The summed E-state index contributed by atoms with van der Waals surface area (Å²) in [5.41, 5.74) is -0.580. The maximum atomic E-state index is 13.5. The number of nitrogens with one attached hydrogen (secondary N) is 2. The third-order valence-corrected chi connectivity index (χ3v) is 4.45. The van der Waals surface area contributed by atoms with Crippen molar-refractivity contribution in [3.8, 4) is 5.75 Å². The lowest BCUT2D eigenvalue weighted by molar-refractivity contribution is -0.136. The van der Waals surface area contributed by atoms with Crippen molar-refractivity contribution in [3.63, 3.8) is 0 Å². The molecule has 0 saturated heterocycles. The van der Waals surface area contributed by atoms with Gasteiger partial charge < -0.3 is 19.8 Å². The van der Waals surface area contributed by atoms with Gasteiger partial charge in [-0.15, -0.1) is 0 Å². The van der Waals surface area contributed by atoms with Crippen molar-refractivity contribution in [1.29, 1.82) is 0 Å². The number of benzene rings is 2. The summed E-state index contributed by atoms with van der Waals surface area (Å²) in [6.45, 7) is 0. The predicted molar refractivity (Wildman–Crippen MR) is 108 cm³/mol. The van der Waals surface area contributed by atoms with E-state index < -0.39 is 23.6 Å². The average Bonchev–Trinajstić information content (AvgIpc) is 3.28. The van der Waals surface area contributed by atoms with Crippen LogP contribution in [0.3, 0.4) is 0 Å². The second-order valence-corrected chi connectivity index (χ2v) is 6.58. The van der Waals surface area contributed by atoms with Crippen molar-refractivity contribution in [1.82, 2.24) is 0 Å². The molecule has 0 aliphatic rings. The van der Waals surface area contributed by atoms with Crippen LogP contribution in [0.2, 0.25) is 0 Å². The second kappa shape index (κ2) is 9.38. The minimum Gasteiger partial charge on any atom is -0.496 e. The minimum absolute atomic E-state index is 0.0311. The van der Waals surface area contributed by atoms with Gasteiger partial charge in [-0.05, 0) is 42.3 Å². The highest BCUT2D eigenvalue weighted by Gasteiger charge is 2.34. The number of aryl methyl sites for hydroxylation is 1.